The Labute approximate surface area is 145 Å². The van der Waals surface area contributed by atoms with Crippen molar-refractivity contribution in [3.05, 3.63) is 46.6 Å². The molecule has 0 saturated carbocycles. The Bertz CT molecular complexity index is 813. The molecule has 0 aliphatic rings. The zero-order valence-corrected chi connectivity index (χ0v) is 14.9. The van der Waals surface area contributed by atoms with Gasteiger partial charge in [-0.25, -0.2) is 4.98 Å². The maximum atomic E-state index is 12.5. The Kier molecular flexibility index (Phi) is 5.83. The third-order valence-electron chi connectivity index (χ3n) is 3.47. The molecule has 0 amide bonds. The summed E-state index contributed by atoms with van der Waals surface area (Å²) in [5.74, 6) is 1.17. The molecule has 0 saturated heterocycles. The molecule has 0 N–H and O–H groups in total. The van der Waals surface area contributed by atoms with Crippen molar-refractivity contribution in [1.82, 2.24) is 4.98 Å². The van der Waals surface area contributed by atoms with E-state index in [0.717, 1.165) is 11.3 Å². The molecule has 0 aliphatic carbocycles. The lowest BCUT2D eigenvalue weighted by Gasteiger charge is -2.10. The molecule has 1 aromatic heterocycles. The summed E-state index contributed by atoms with van der Waals surface area (Å²) in [6.45, 7) is 3.73. The second kappa shape index (κ2) is 7.84. The lowest BCUT2D eigenvalue weighted by Crippen LogP contribution is -2.06. The summed E-state index contributed by atoms with van der Waals surface area (Å²) in [7, 11) is 3.07. The van der Waals surface area contributed by atoms with Gasteiger partial charge in [0, 0.05) is 11.8 Å². The van der Waals surface area contributed by atoms with Gasteiger partial charge in [0.05, 0.1) is 31.1 Å². The van der Waals surface area contributed by atoms with Crippen LogP contribution in [0, 0.1) is 25.2 Å². The van der Waals surface area contributed by atoms with Gasteiger partial charge >= 0.3 is 0 Å². The van der Waals surface area contributed by atoms with Gasteiger partial charge in [0.25, 0.3) is 0 Å². The van der Waals surface area contributed by atoms with Gasteiger partial charge in [-0.1, -0.05) is 11.8 Å². The molecular weight excluding hydrogens is 324 g/mol. The Balaban J connectivity index is 2.22. The van der Waals surface area contributed by atoms with Gasteiger partial charge in [-0.15, -0.1) is 0 Å². The predicted octanol–water partition coefficient (Wildman–Crippen LogP) is 3.56. The molecule has 0 radical (unpaired) electrons. The molecule has 5 nitrogen and oxygen atoms in total. The number of pyridine rings is 1. The molecule has 0 bridgehead atoms. The number of carbonyl (C=O) groups excluding carboxylic acids is 1. The number of aryl methyl sites for hydroxylation is 2. The Hall–Kier alpha value is -2.52. The summed E-state index contributed by atoms with van der Waals surface area (Å²) >= 11 is 1.26. The monoisotopic (exact) mass is 342 g/mol. The third-order valence-corrected chi connectivity index (χ3v) is 4.45. The van der Waals surface area contributed by atoms with E-state index in [1.165, 1.54) is 18.9 Å². The van der Waals surface area contributed by atoms with Gasteiger partial charge in [-0.3, -0.25) is 4.79 Å². The van der Waals surface area contributed by atoms with Crippen LogP contribution in [0.2, 0.25) is 0 Å². The fourth-order valence-corrected chi connectivity index (χ4v) is 3.27. The Morgan fingerprint density at radius 2 is 2.00 bits per heavy atom. The van der Waals surface area contributed by atoms with Gasteiger partial charge in [0.1, 0.15) is 22.6 Å². The number of hydrogen-bond donors (Lipinski definition) is 0. The number of benzene rings is 1. The van der Waals surface area contributed by atoms with Crippen molar-refractivity contribution in [2.75, 3.05) is 20.0 Å². The van der Waals surface area contributed by atoms with Gasteiger partial charge < -0.3 is 9.47 Å². The van der Waals surface area contributed by atoms with Crippen LogP contribution in [0.3, 0.4) is 0 Å². The molecule has 0 unspecified atom stereocenters. The zero-order valence-electron chi connectivity index (χ0n) is 14.0. The first-order valence-corrected chi connectivity index (χ1v) is 8.25. The van der Waals surface area contributed by atoms with Crippen LogP contribution < -0.4 is 9.47 Å². The van der Waals surface area contributed by atoms with Crippen LogP contribution in [-0.4, -0.2) is 30.7 Å². The van der Waals surface area contributed by atoms with E-state index in [-0.39, 0.29) is 11.5 Å². The van der Waals surface area contributed by atoms with Crippen LogP contribution in [-0.2, 0) is 0 Å². The van der Waals surface area contributed by atoms with E-state index in [0.29, 0.717) is 27.7 Å². The van der Waals surface area contributed by atoms with E-state index in [2.05, 4.69) is 11.1 Å². The molecule has 2 rings (SSSR count). The molecule has 2 aromatic rings. The number of carbonyl (C=O) groups is 1. The second-order valence-electron chi connectivity index (χ2n) is 5.15. The molecule has 6 heteroatoms. The quantitative estimate of drug-likeness (QED) is 0.590. The molecule has 1 heterocycles. The smallest absolute Gasteiger partial charge is 0.176 e. The lowest BCUT2D eigenvalue weighted by atomic mass is 10.1. The van der Waals surface area contributed by atoms with Crippen molar-refractivity contribution in [2.45, 2.75) is 18.9 Å². The maximum absolute atomic E-state index is 12.5. The number of ether oxygens (including phenoxy) is 2. The van der Waals surface area contributed by atoms with Crippen LogP contribution in [0.1, 0.15) is 27.2 Å². The number of ketones is 1. The highest BCUT2D eigenvalue weighted by molar-refractivity contribution is 8.00. The number of aromatic nitrogens is 1. The van der Waals surface area contributed by atoms with E-state index in [1.807, 2.05) is 19.9 Å². The first-order valence-electron chi connectivity index (χ1n) is 7.26. The average Bonchev–Trinajstić information content (AvgIpc) is 2.58. The van der Waals surface area contributed by atoms with E-state index in [1.54, 1.807) is 25.3 Å². The highest BCUT2D eigenvalue weighted by atomic mass is 32.2. The van der Waals surface area contributed by atoms with E-state index in [9.17, 15) is 10.1 Å². The minimum atomic E-state index is -0.0932. The zero-order chi connectivity index (χ0) is 17.7. The van der Waals surface area contributed by atoms with Crippen LogP contribution in [0.25, 0.3) is 0 Å². The minimum Gasteiger partial charge on any atom is -0.497 e. The van der Waals surface area contributed by atoms with Crippen molar-refractivity contribution in [3.8, 4) is 17.6 Å². The second-order valence-corrected chi connectivity index (χ2v) is 6.11. The summed E-state index contributed by atoms with van der Waals surface area (Å²) in [5.41, 5.74) is 2.68. The van der Waals surface area contributed by atoms with Crippen LogP contribution in [0.5, 0.6) is 11.5 Å². The minimum absolute atomic E-state index is 0.0932. The molecule has 124 valence electrons. The number of methoxy groups -OCH3 is 2. The fraction of sp³-hybridized carbons (Fsp3) is 0.278. The number of Topliss-reactive ketones (excluding diaryl/α,β-unsaturated/α-hetero) is 1. The molecule has 0 fully saturated rings. The third kappa shape index (κ3) is 3.87. The Morgan fingerprint density at radius 3 is 2.62 bits per heavy atom. The van der Waals surface area contributed by atoms with Crippen molar-refractivity contribution < 1.29 is 14.3 Å². The van der Waals surface area contributed by atoms with Crippen molar-refractivity contribution in [3.63, 3.8) is 0 Å². The molecule has 24 heavy (non-hydrogen) atoms. The molecular formula is C18H18N2O3S. The van der Waals surface area contributed by atoms with Crippen LogP contribution in [0.15, 0.2) is 29.3 Å². The molecule has 0 spiro atoms. The molecule has 1 aromatic carbocycles. The number of rotatable bonds is 6. The lowest BCUT2D eigenvalue weighted by molar-refractivity contribution is 0.101. The molecule has 0 aliphatic heterocycles. The fourth-order valence-electron chi connectivity index (χ4n) is 2.28. The van der Waals surface area contributed by atoms with Crippen LogP contribution >= 0.6 is 11.8 Å². The van der Waals surface area contributed by atoms with Crippen molar-refractivity contribution in [1.29, 1.82) is 5.26 Å². The standard InChI is InChI=1S/C18H18N2O3S/c1-11-7-12(2)20-18(15(11)9-19)24-10-16(21)14-6-5-13(22-3)8-17(14)23-4/h5-8H,10H2,1-4H3. The van der Waals surface area contributed by atoms with Crippen LogP contribution in [0.4, 0.5) is 0 Å². The topological polar surface area (TPSA) is 72.2 Å². The van der Waals surface area contributed by atoms with E-state index >= 15 is 0 Å². The van der Waals surface area contributed by atoms with E-state index in [4.69, 9.17) is 9.47 Å². The molecule has 0 atom stereocenters. The van der Waals surface area contributed by atoms with Crippen molar-refractivity contribution >= 4 is 17.5 Å². The summed E-state index contributed by atoms with van der Waals surface area (Å²) < 4.78 is 10.4. The maximum Gasteiger partial charge on any atom is 0.176 e. The number of thioether (sulfide) groups is 1. The number of hydrogen-bond acceptors (Lipinski definition) is 6. The number of nitrogens with zero attached hydrogens (tertiary/aromatic N) is 2. The highest BCUT2D eigenvalue weighted by Gasteiger charge is 2.16. The van der Waals surface area contributed by atoms with Gasteiger partial charge in [0.15, 0.2) is 5.78 Å². The predicted molar refractivity (Wildman–Crippen MR) is 93.0 cm³/mol. The Morgan fingerprint density at radius 1 is 1.25 bits per heavy atom. The van der Waals surface area contributed by atoms with Gasteiger partial charge in [0.2, 0.25) is 0 Å². The average molecular weight is 342 g/mol. The summed E-state index contributed by atoms with van der Waals surface area (Å²) in [6.07, 6.45) is 0. The normalized spacial score (nSPS) is 10.1. The summed E-state index contributed by atoms with van der Waals surface area (Å²) in [6, 6.07) is 9.09. The first-order chi connectivity index (χ1) is 11.5. The van der Waals surface area contributed by atoms with Gasteiger partial charge in [-0.05, 0) is 37.6 Å². The SMILES string of the molecule is COc1ccc(C(=O)CSc2nc(C)cc(C)c2C#N)c(OC)c1. The largest absolute Gasteiger partial charge is 0.497 e. The highest BCUT2D eigenvalue weighted by Crippen LogP contribution is 2.28. The van der Waals surface area contributed by atoms with Gasteiger partial charge in [-0.2, -0.15) is 5.26 Å². The number of nitriles is 1. The van der Waals surface area contributed by atoms with E-state index < -0.39 is 0 Å². The summed E-state index contributed by atoms with van der Waals surface area (Å²) in [4.78, 5) is 16.9. The summed E-state index contributed by atoms with van der Waals surface area (Å²) in [5, 5.41) is 9.87. The first kappa shape index (κ1) is 17.8. The van der Waals surface area contributed by atoms with Crippen molar-refractivity contribution in [2.24, 2.45) is 0 Å².